The van der Waals surface area contributed by atoms with Crippen LogP contribution >= 0.6 is 0 Å². The standard InChI is InChI=1S/C16H28S2.2CHF3O3S/c1-16(2,3)14-10-8-13(9-11-14)15(18(6)7)12-17(4)5;2*2-1(3,4)8(5,6)7/h8-11,15H,12H2,1-7H3;2*(H,5,6,7)/q+2;;/p-2. The third-order valence-electron chi connectivity index (χ3n) is 3.77. The third-order valence-corrected chi connectivity index (χ3v) is 7.69. The smallest absolute Gasteiger partial charge is 0.485 e. The molecule has 202 valence electrons. The molecule has 0 spiro atoms. The maximum absolute atomic E-state index is 10.7. The molecule has 0 saturated carbocycles. The molecule has 16 heteroatoms. The summed E-state index contributed by atoms with van der Waals surface area (Å²) in [5.41, 5.74) is -8.07. The SMILES string of the molecule is C[S+](C)CC(c1ccc(C(C)(C)C)cc1)[S+](C)C.O=S(=O)([O-])C(F)(F)F.O=S(=O)([O-])C(F)(F)F. The predicted molar refractivity (Wildman–Crippen MR) is 123 cm³/mol. The first-order chi connectivity index (χ1) is 14.7. The van der Waals surface area contributed by atoms with E-state index in [2.05, 4.69) is 70.1 Å². The van der Waals surface area contributed by atoms with Gasteiger partial charge in [-0.15, -0.1) is 0 Å². The van der Waals surface area contributed by atoms with Gasteiger partial charge in [-0.05, 0) is 32.8 Å². The minimum atomic E-state index is -6.09. The van der Waals surface area contributed by atoms with Crippen molar-refractivity contribution in [1.82, 2.24) is 0 Å². The Morgan fingerprint density at radius 3 is 1.24 bits per heavy atom. The van der Waals surface area contributed by atoms with Gasteiger partial charge in [-0.3, -0.25) is 0 Å². The summed E-state index contributed by atoms with van der Waals surface area (Å²) in [5.74, 6) is 1.32. The molecule has 0 bridgehead atoms. The van der Waals surface area contributed by atoms with E-state index in [9.17, 15) is 26.3 Å². The Hall–Kier alpha value is -0.680. The normalized spacial score (nSPS) is 14.1. The summed E-state index contributed by atoms with van der Waals surface area (Å²) < 4.78 is 118. The van der Waals surface area contributed by atoms with Crippen molar-refractivity contribution in [3.8, 4) is 0 Å². The molecule has 1 unspecified atom stereocenters. The van der Waals surface area contributed by atoms with Crippen molar-refractivity contribution in [2.75, 3.05) is 30.8 Å². The second-order valence-electron chi connectivity index (χ2n) is 8.19. The number of alkyl halides is 6. The van der Waals surface area contributed by atoms with Gasteiger partial charge in [0.1, 0.15) is 0 Å². The van der Waals surface area contributed by atoms with Crippen molar-refractivity contribution >= 4 is 42.0 Å². The molecular weight excluding hydrogens is 554 g/mol. The number of benzene rings is 1. The monoisotopic (exact) mass is 582 g/mol. The molecule has 0 amide bonds. The van der Waals surface area contributed by atoms with Crippen molar-refractivity contribution in [1.29, 1.82) is 0 Å². The molecule has 1 rings (SSSR count). The molecule has 1 atom stereocenters. The van der Waals surface area contributed by atoms with Crippen molar-refractivity contribution in [3.63, 3.8) is 0 Å². The molecule has 1 aromatic carbocycles. The first-order valence-electron chi connectivity index (χ1n) is 8.97. The van der Waals surface area contributed by atoms with E-state index in [0.717, 1.165) is 5.25 Å². The lowest BCUT2D eigenvalue weighted by molar-refractivity contribution is -0.0522. The third kappa shape index (κ3) is 14.0. The highest BCUT2D eigenvalue weighted by atomic mass is 32.2. The maximum Gasteiger partial charge on any atom is 0.485 e. The van der Waals surface area contributed by atoms with Crippen LogP contribution in [0.25, 0.3) is 0 Å². The van der Waals surface area contributed by atoms with Crippen molar-refractivity contribution < 1.29 is 52.3 Å². The lowest BCUT2D eigenvalue weighted by Crippen LogP contribution is -2.21. The fraction of sp³-hybridized carbons (Fsp3) is 0.667. The summed E-state index contributed by atoms with van der Waals surface area (Å²) in [6.07, 6.45) is 9.44. The van der Waals surface area contributed by atoms with Gasteiger partial charge in [-0.2, -0.15) is 26.3 Å². The van der Waals surface area contributed by atoms with E-state index >= 15 is 0 Å². The van der Waals surface area contributed by atoms with Gasteiger partial charge in [0.15, 0.2) is 31.2 Å². The Bertz CT molecular complexity index is 907. The Kier molecular flexibility index (Phi) is 13.6. The molecular formula is C18H28F6O6S4. The summed E-state index contributed by atoms with van der Waals surface area (Å²) in [7, 11) is -11.2. The average molecular weight is 583 g/mol. The molecule has 0 aromatic heterocycles. The number of rotatable bonds is 4. The number of hydrogen-bond donors (Lipinski definition) is 0. The van der Waals surface area contributed by atoms with Gasteiger partial charge in [0.2, 0.25) is 0 Å². The van der Waals surface area contributed by atoms with E-state index in [1.807, 2.05) is 0 Å². The molecule has 1 aromatic rings. The van der Waals surface area contributed by atoms with Crippen LogP contribution < -0.4 is 0 Å². The molecule has 6 nitrogen and oxygen atoms in total. The first-order valence-corrected chi connectivity index (χ1v) is 16.1. The quantitative estimate of drug-likeness (QED) is 0.230. The second-order valence-corrected chi connectivity index (χ2v) is 15.6. The maximum atomic E-state index is 10.7. The van der Waals surface area contributed by atoms with Gasteiger partial charge < -0.3 is 9.11 Å². The number of hydrogen-bond acceptors (Lipinski definition) is 6. The molecule has 0 N–H and O–H groups in total. The molecule has 0 aliphatic carbocycles. The van der Waals surface area contributed by atoms with E-state index in [-0.39, 0.29) is 5.41 Å². The zero-order chi connectivity index (χ0) is 27.9. The lowest BCUT2D eigenvalue weighted by atomic mass is 9.86. The minimum Gasteiger partial charge on any atom is -0.741 e. The fourth-order valence-corrected chi connectivity index (χ4v) is 5.41. The summed E-state index contributed by atoms with van der Waals surface area (Å²) in [6, 6.07) is 9.34. The van der Waals surface area contributed by atoms with E-state index in [4.69, 9.17) is 25.9 Å². The van der Waals surface area contributed by atoms with Crippen LogP contribution in [0, 0.1) is 0 Å². The van der Waals surface area contributed by atoms with Crippen molar-refractivity contribution in [3.05, 3.63) is 35.4 Å². The van der Waals surface area contributed by atoms with Crippen LogP contribution in [-0.4, -0.2) is 67.7 Å². The molecule has 0 saturated heterocycles. The largest absolute Gasteiger partial charge is 0.741 e. The summed E-state index contributed by atoms with van der Waals surface area (Å²) in [4.78, 5) is 0. The lowest BCUT2D eigenvalue weighted by Gasteiger charge is -2.20. The van der Waals surface area contributed by atoms with Crippen LogP contribution in [-0.2, 0) is 47.4 Å². The predicted octanol–water partition coefficient (Wildman–Crippen LogP) is 3.88. The molecule has 0 radical (unpaired) electrons. The van der Waals surface area contributed by atoms with Crippen LogP contribution in [0.15, 0.2) is 24.3 Å². The topological polar surface area (TPSA) is 114 Å². The molecule has 0 fully saturated rings. The van der Waals surface area contributed by atoms with Crippen LogP contribution in [0.3, 0.4) is 0 Å². The number of halogens is 6. The Morgan fingerprint density at radius 2 is 1.06 bits per heavy atom. The summed E-state index contributed by atoms with van der Waals surface area (Å²) in [6.45, 7) is 6.83. The van der Waals surface area contributed by atoms with E-state index in [0.29, 0.717) is 21.8 Å². The van der Waals surface area contributed by atoms with Gasteiger partial charge >= 0.3 is 11.0 Å². The Balaban J connectivity index is 0. The fourth-order valence-electron chi connectivity index (χ4n) is 2.00. The van der Waals surface area contributed by atoms with Gasteiger partial charge in [-0.1, -0.05) is 45.0 Å². The summed E-state index contributed by atoms with van der Waals surface area (Å²) >= 11 is 0. The highest BCUT2D eigenvalue weighted by molar-refractivity contribution is 7.99. The van der Waals surface area contributed by atoms with Crippen molar-refractivity contribution in [2.24, 2.45) is 0 Å². The van der Waals surface area contributed by atoms with Crippen LogP contribution in [0.2, 0.25) is 0 Å². The van der Waals surface area contributed by atoms with Crippen molar-refractivity contribution in [2.45, 2.75) is 42.5 Å². The first kappa shape index (κ1) is 35.5. The van der Waals surface area contributed by atoms with Gasteiger partial charge in [-0.25, -0.2) is 16.8 Å². The molecule has 0 heterocycles. The van der Waals surface area contributed by atoms with Crippen LogP contribution in [0.1, 0.15) is 37.1 Å². The second kappa shape index (κ2) is 13.0. The Labute approximate surface area is 202 Å². The van der Waals surface area contributed by atoms with Gasteiger partial charge in [0, 0.05) is 5.56 Å². The van der Waals surface area contributed by atoms with Gasteiger partial charge in [0.25, 0.3) is 0 Å². The molecule has 0 aliphatic heterocycles. The molecule has 0 aliphatic rings. The van der Waals surface area contributed by atoms with E-state index in [1.54, 1.807) is 0 Å². The summed E-state index contributed by atoms with van der Waals surface area (Å²) in [5, 5.41) is 0.734. The minimum absolute atomic E-state index is 0.258. The van der Waals surface area contributed by atoms with E-state index < -0.39 is 31.3 Å². The highest BCUT2D eigenvalue weighted by Crippen LogP contribution is 2.28. The van der Waals surface area contributed by atoms with Gasteiger partial charge in [0.05, 0.1) is 25.0 Å². The molecule has 34 heavy (non-hydrogen) atoms. The van der Waals surface area contributed by atoms with Crippen LogP contribution in [0.4, 0.5) is 26.3 Å². The Morgan fingerprint density at radius 1 is 0.765 bits per heavy atom. The highest BCUT2D eigenvalue weighted by Gasteiger charge is 2.37. The average Bonchev–Trinajstić information content (AvgIpc) is 2.56. The van der Waals surface area contributed by atoms with Crippen LogP contribution in [0.5, 0.6) is 0 Å². The van der Waals surface area contributed by atoms with E-state index in [1.165, 1.54) is 16.9 Å². The zero-order valence-electron chi connectivity index (χ0n) is 19.4. The zero-order valence-corrected chi connectivity index (χ0v) is 22.7.